The van der Waals surface area contributed by atoms with Gasteiger partial charge in [0.1, 0.15) is 6.04 Å². The number of hydrogen-bond donors (Lipinski definition) is 3. The molecule has 6 heteroatoms. The summed E-state index contributed by atoms with van der Waals surface area (Å²) in [5, 5.41) is 15.5. The van der Waals surface area contributed by atoms with Crippen molar-refractivity contribution in [2.24, 2.45) is 0 Å². The first-order chi connectivity index (χ1) is 16.0. The standard InChI is InChI=1S/C27H26N2O4/c1-17(18-9-3-2-4-10-18)28-23(30)15-16-24(31)29-26(27(32)33)25-21-13-7-5-11-19(21)20-12-6-8-14-22(20)25/h2-14,17,25-26H,15-16H2,1H3,(H,28,30)(H,29,31)(H,32,33)/t17-,26+/m1/s1. The molecule has 0 radical (unpaired) electrons. The summed E-state index contributed by atoms with van der Waals surface area (Å²) in [6, 6.07) is 23.6. The van der Waals surface area contributed by atoms with Gasteiger partial charge < -0.3 is 15.7 Å². The predicted molar refractivity (Wildman–Crippen MR) is 126 cm³/mol. The normalized spacial score (nSPS) is 14.0. The molecular formula is C27H26N2O4. The maximum atomic E-state index is 12.6. The first-order valence-electron chi connectivity index (χ1n) is 11.0. The van der Waals surface area contributed by atoms with E-state index in [9.17, 15) is 19.5 Å². The van der Waals surface area contributed by atoms with Gasteiger partial charge >= 0.3 is 5.97 Å². The third-order valence-electron chi connectivity index (χ3n) is 6.05. The molecule has 0 fully saturated rings. The number of benzene rings is 3. The van der Waals surface area contributed by atoms with Gasteiger partial charge in [-0.25, -0.2) is 4.79 Å². The lowest BCUT2D eigenvalue weighted by molar-refractivity contribution is -0.142. The van der Waals surface area contributed by atoms with Crippen molar-refractivity contribution in [3.05, 3.63) is 95.6 Å². The van der Waals surface area contributed by atoms with Crippen LogP contribution >= 0.6 is 0 Å². The summed E-state index contributed by atoms with van der Waals surface area (Å²) in [4.78, 5) is 37.2. The fraction of sp³-hybridized carbons (Fsp3) is 0.222. The van der Waals surface area contributed by atoms with E-state index in [1.165, 1.54) is 0 Å². The van der Waals surface area contributed by atoms with Crippen molar-refractivity contribution >= 4 is 17.8 Å². The van der Waals surface area contributed by atoms with E-state index in [0.29, 0.717) is 0 Å². The SMILES string of the molecule is C[C@@H](NC(=O)CCC(=O)N[C@H](C(=O)O)C1c2ccccc2-c2ccccc21)c1ccccc1. The molecule has 3 aromatic carbocycles. The average Bonchev–Trinajstić information content (AvgIpc) is 3.16. The second-order valence-corrected chi connectivity index (χ2v) is 8.24. The van der Waals surface area contributed by atoms with Gasteiger partial charge in [-0.2, -0.15) is 0 Å². The number of carbonyl (C=O) groups is 3. The van der Waals surface area contributed by atoms with E-state index in [-0.39, 0.29) is 24.8 Å². The van der Waals surface area contributed by atoms with Gasteiger partial charge in [0, 0.05) is 18.8 Å². The van der Waals surface area contributed by atoms with E-state index in [0.717, 1.165) is 27.8 Å². The molecule has 2 amide bonds. The molecule has 0 heterocycles. The lowest BCUT2D eigenvalue weighted by Gasteiger charge is -2.23. The van der Waals surface area contributed by atoms with Crippen molar-refractivity contribution in [1.82, 2.24) is 10.6 Å². The second kappa shape index (κ2) is 9.69. The van der Waals surface area contributed by atoms with Gasteiger partial charge in [0.2, 0.25) is 11.8 Å². The van der Waals surface area contributed by atoms with Crippen molar-refractivity contribution in [2.75, 3.05) is 0 Å². The van der Waals surface area contributed by atoms with Gasteiger partial charge in [-0.3, -0.25) is 9.59 Å². The van der Waals surface area contributed by atoms with E-state index >= 15 is 0 Å². The summed E-state index contributed by atoms with van der Waals surface area (Å²) in [5.41, 5.74) is 4.68. The fourth-order valence-corrected chi connectivity index (χ4v) is 4.45. The number of rotatable bonds is 8. The first-order valence-corrected chi connectivity index (χ1v) is 11.0. The van der Waals surface area contributed by atoms with Gasteiger partial charge in [-0.15, -0.1) is 0 Å². The highest BCUT2D eigenvalue weighted by atomic mass is 16.4. The Morgan fingerprint density at radius 2 is 1.24 bits per heavy atom. The van der Waals surface area contributed by atoms with Crippen LogP contribution in [0.3, 0.4) is 0 Å². The van der Waals surface area contributed by atoms with Crippen molar-refractivity contribution in [1.29, 1.82) is 0 Å². The van der Waals surface area contributed by atoms with Crippen molar-refractivity contribution in [2.45, 2.75) is 37.8 Å². The smallest absolute Gasteiger partial charge is 0.327 e. The molecule has 0 saturated heterocycles. The zero-order valence-electron chi connectivity index (χ0n) is 18.3. The topological polar surface area (TPSA) is 95.5 Å². The minimum atomic E-state index is -1.13. The Hall–Kier alpha value is -3.93. The molecule has 6 nitrogen and oxygen atoms in total. The molecule has 4 rings (SSSR count). The lowest BCUT2D eigenvalue weighted by atomic mass is 9.89. The number of carbonyl (C=O) groups excluding carboxylic acids is 2. The molecule has 33 heavy (non-hydrogen) atoms. The van der Waals surface area contributed by atoms with E-state index in [4.69, 9.17) is 0 Å². The number of aliphatic carboxylic acids is 1. The van der Waals surface area contributed by atoms with E-state index in [1.807, 2.05) is 85.8 Å². The van der Waals surface area contributed by atoms with E-state index in [1.54, 1.807) is 0 Å². The Morgan fingerprint density at radius 1 is 0.758 bits per heavy atom. The zero-order chi connectivity index (χ0) is 23.4. The van der Waals surface area contributed by atoms with Crippen LogP contribution in [0.5, 0.6) is 0 Å². The molecule has 3 N–H and O–H groups in total. The molecule has 0 unspecified atom stereocenters. The number of nitrogens with one attached hydrogen (secondary N) is 2. The third kappa shape index (κ3) is 4.80. The molecule has 0 saturated carbocycles. The van der Waals surface area contributed by atoms with Crippen LogP contribution in [0.15, 0.2) is 78.9 Å². The van der Waals surface area contributed by atoms with Crippen LogP contribution in [-0.2, 0) is 14.4 Å². The Balaban J connectivity index is 1.42. The maximum absolute atomic E-state index is 12.6. The average molecular weight is 443 g/mol. The third-order valence-corrected chi connectivity index (χ3v) is 6.05. The van der Waals surface area contributed by atoms with Gasteiger partial charge in [-0.05, 0) is 34.7 Å². The molecule has 2 atom stereocenters. The van der Waals surface area contributed by atoms with Crippen molar-refractivity contribution in [3.63, 3.8) is 0 Å². The number of amides is 2. The minimum absolute atomic E-state index is 0.0206. The van der Waals surface area contributed by atoms with Crippen LogP contribution in [0.1, 0.15) is 48.4 Å². The molecule has 0 aromatic heterocycles. The summed E-state index contributed by atoms with van der Waals surface area (Å²) in [6.45, 7) is 1.88. The van der Waals surface area contributed by atoms with Gasteiger partial charge in [0.25, 0.3) is 0 Å². The van der Waals surface area contributed by atoms with Gasteiger partial charge in [0.15, 0.2) is 0 Å². The Morgan fingerprint density at radius 3 is 1.79 bits per heavy atom. The van der Waals surface area contributed by atoms with E-state index < -0.39 is 23.8 Å². The largest absolute Gasteiger partial charge is 0.480 e. The Kier molecular flexibility index (Phi) is 6.54. The monoisotopic (exact) mass is 442 g/mol. The van der Waals surface area contributed by atoms with Gasteiger partial charge in [-0.1, -0.05) is 78.9 Å². The quantitative estimate of drug-likeness (QED) is 0.491. The number of carboxylic acids is 1. The molecule has 0 aliphatic heterocycles. The highest BCUT2D eigenvalue weighted by molar-refractivity contribution is 5.90. The summed E-state index contributed by atoms with van der Waals surface area (Å²) in [7, 11) is 0. The number of fused-ring (bicyclic) bond motifs is 3. The molecular weight excluding hydrogens is 416 g/mol. The second-order valence-electron chi connectivity index (χ2n) is 8.24. The van der Waals surface area contributed by atoms with Crippen LogP contribution < -0.4 is 10.6 Å². The number of carboxylic acid groups (broad SMARTS) is 1. The summed E-state index contributed by atoms with van der Waals surface area (Å²) in [5.74, 6) is -2.33. The summed E-state index contributed by atoms with van der Waals surface area (Å²) >= 11 is 0. The van der Waals surface area contributed by atoms with Crippen molar-refractivity contribution in [3.8, 4) is 11.1 Å². The number of hydrogen-bond acceptors (Lipinski definition) is 3. The Bertz CT molecular complexity index is 1130. The molecule has 1 aliphatic rings. The van der Waals surface area contributed by atoms with Crippen LogP contribution in [0.2, 0.25) is 0 Å². The molecule has 0 spiro atoms. The lowest BCUT2D eigenvalue weighted by Crippen LogP contribution is -2.45. The van der Waals surface area contributed by atoms with Crippen LogP contribution in [0.4, 0.5) is 0 Å². The van der Waals surface area contributed by atoms with Crippen LogP contribution in [0.25, 0.3) is 11.1 Å². The molecule has 168 valence electrons. The minimum Gasteiger partial charge on any atom is -0.480 e. The Labute approximate surface area is 192 Å². The summed E-state index contributed by atoms with van der Waals surface area (Å²) in [6.07, 6.45) is -0.111. The fourth-order valence-electron chi connectivity index (χ4n) is 4.45. The molecule has 3 aromatic rings. The van der Waals surface area contributed by atoms with Gasteiger partial charge in [0.05, 0.1) is 6.04 Å². The zero-order valence-corrected chi connectivity index (χ0v) is 18.3. The van der Waals surface area contributed by atoms with Crippen molar-refractivity contribution < 1.29 is 19.5 Å². The predicted octanol–water partition coefficient (Wildman–Crippen LogP) is 4.03. The maximum Gasteiger partial charge on any atom is 0.327 e. The highest BCUT2D eigenvalue weighted by Crippen LogP contribution is 2.46. The van der Waals surface area contributed by atoms with Crippen LogP contribution in [-0.4, -0.2) is 28.9 Å². The molecule has 1 aliphatic carbocycles. The van der Waals surface area contributed by atoms with Crippen LogP contribution in [0, 0.1) is 0 Å². The summed E-state index contributed by atoms with van der Waals surface area (Å²) < 4.78 is 0. The first kappa shape index (κ1) is 22.3. The highest BCUT2D eigenvalue weighted by Gasteiger charge is 2.38. The molecule has 0 bridgehead atoms. The van der Waals surface area contributed by atoms with E-state index in [2.05, 4.69) is 10.6 Å².